The van der Waals surface area contributed by atoms with Crippen LogP contribution in [0.4, 0.5) is 0 Å². The maximum atomic E-state index is 13.1. The number of rotatable bonds is 7. The summed E-state index contributed by atoms with van der Waals surface area (Å²) in [6.45, 7) is 2.92. The highest BCUT2D eigenvalue weighted by atomic mass is 35.5. The third-order valence-corrected chi connectivity index (χ3v) is 8.27. The molecule has 0 aliphatic carbocycles. The predicted molar refractivity (Wildman–Crippen MR) is 132 cm³/mol. The fraction of sp³-hybridized carbons (Fsp3) is 0.320. The van der Waals surface area contributed by atoms with E-state index in [1.165, 1.54) is 16.4 Å². The lowest BCUT2D eigenvalue weighted by Crippen LogP contribution is -2.45. The van der Waals surface area contributed by atoms with Gasteiger partial charge in [0.2, 0.25) is 15.9 Å². The number of halogens is 1. The maximum Gasteiger partial charge on any atom is 0.243 e. The number of nitriles is 1. The molecule has 1 N–H and O–H groups in total. The van der Waals surface area contributed by atoms with Gasteiger partial charge in [-0.25, -0.2) is 13.4 Å². The number of benzene rings is 2. The third kappa shape index (κ3) is 5.73. The van der Waals surface area contributed by atoms with Crippen molar-refractivity contribution in [1.82, 2.24) is 19.2 Å². The van der Waals surface area contributed by atoms with Crippen LogP contribution >= 0.6 is 11.6 Å². The summed E-state index contributed by atoms with van der Waals surface area (Å²) >= 11 is 5.99. The number of hydrogen-bond donors (Lipinski definition) is 1. The molecule has 1 amide bonds. The number of aromatic nitrogens is 2. The summed E-state index contributed by atoms with van der Waals surface area (Å²) in [7, 11) is -3.73. The number of piperidine rings is 1. The summed E-state index contributed by atoms with van der Waals surface area (Å²) in [6.07, 6.45) is 4.63. The second-order valence-electron chi connectivity index (χ2n) is 8.64. The fourth-order valence-corrected chi connectivity index (χ4v) is 6.09. The monoisotopic (exact) mass is 511 g/mol. The lowest BCUT2D eigenvalue weighted by molar-refractivity contribution is -0.126. The average molecular weight is 512 g/mol. The number of carbonyl (C=O) groups excluding carboxylic acids is 1. The summed E-state index contributed by atoms with van der Waals surface area (Å²) in [5.41, 5.74) is 2.44. The largest absolute Gasteiger partial charge is 0.348 e. The van der Waals surface area contributed by atoms with Crippen LogP contribution in [0, 0.1) is 17.2 Å². The van der Waals surface area contributed by atoms with Crippen molar-refractivity contribution >= 4 is 27.5 Å². The van der Waals surface area contributed by atoms with Gasteiger partial charge in [-0.1, -0.05) is 29.8 Å². The van der Waals surface area contributed by atoms with E-state index in [2.05, 4.69) is 16.4 Å². The normalized spacial score (nSPS) is 17.5. The van der Waals surface area contributed by atoms with Gasteiger partial charge in [0, 0.05) is 24.7 Å². The van der Waals surface area contributed by atoms with Crippen molar-refractivity contribution in [2.75, 3.05) is 13.1 Å². The number of sulfonamides is 1. The summed E-state index contributed by atoms with van der Waals surface area (Å²) in [5.74, 6) is -0.635. The van der Waals surface area contributed by atoms with E-state index in [-0.39, 0.29) is 23.4 Å². The van der Waals surface area contributed by atoms with Gasteiger partial charge in [0.15, 0.2) is 0 Å². The minimum atomic E-state index is -3.73. The zero-order chi connectivity index (χ0) is 25.0. The second-order valence-corrected chi connectivity index (χ2v) is 11.0. The first kappa shape index (κ1) is 24.9. The molecule has 0 bridgehead atoms. The Hall–Kier alpha value is -3.19. The Balaban J connectivity index is 1.42. The zero-order valence-corrected chi connectivity index (χ0v) is 20.8. The van der Waals surface area contributed by atoms with Crippen molar-refractivity contribution < 1.29 is 13.2 Å². The molecular weight excluding hydrogens is 486 g/mol. The Kier molecular flexibility index (Phi) is 7.55. The fourth-order valence-electron chi connectivity index (χ4n) is 4.26. The number of imidazole rings is 1. The molecule has 35 heavy (non-hydrogen) atoms. The Labute approximate surface area is 210 Å². The molecule has 3 aromatic rings. The topological polar surface area (TPSA) is 108 Å². The molecule has 1 saturated heterocycles. The van der Waals surface area contributed by atoms with Crippen molar-refractivity contribution in [3.05, 3.63) is 82.9 Å². The highest BCUT2D eigenvalue weighted by molar-refractivity contribution is 7.89. The van der Waals surface area contributed by atoms with Crippen molar-refractivity contribution in [2.24, 2.45) is 5.92 Å². The lowest BCUT2D eigenvalue weighted by atomic mass is 9.98. The van der Waals surface area contributed by atoms with Gasteiger partial charge < -0.3 is 9.88 Å². The van der Waals surface area contributed by atoms with Crippen LogP contribution in [0.3, 0.4) is 0 Å². The molecule has 2 heterocycles. The minimum Gasteiger partial charge on any atom is -0.348 e. The van der Waals surface area contributed by atoms with Crippen molar-refractivity contribution in [3.8, 4) is 6.07 Å². The molecule has 182 valence electrons. The number of amides is 1. The number of nitrogens with zero attached hydrogens (tertiary/aromatic N) is 4. The molecule has 1 aliphatic heterocycles. The molecule has 1 unspecified atom stereocenters. The molecular formula is C25H26ClN5O3S. The first-order valence-electron chi connectivity index (χ1n) is 11.3. The summed E-state index contributed by atoms with van der Waals surface area (Å²) in [5, 5.41) is 12.4. The van der Waals surface area contributed by atoms with Crippen LogP contribution in [-0.4, -0.2) is 41.3 Å². The molecule has 2 atom stereocenters. The van der Waals surface area contributed by atoms with Gasteiger partial charge in [0.1, 0.15) is 0 Å². The standard InChI is InChI=1S/C25H26ClN5O3S/c1-18(24-14-28-17-30(24)15-20-9-7-19(13-27)8-10-20)29-25(32)21-4-3-11-31(16-21)35(33,34)23-6-2-5-22(26)12-23/h2,5-10,12,14,17-18,21H,3-4,11,15-16H2,1H3,(H,29,32)/t18-,21?/m0/s1. The van der Waals surface area contributed by atoms with E-state index >= 15 is 0 Å². The molecule has 1 aromatic heterocycles. The van der Waals surface area contributed by atoms with Gasteiger partial charge in [-0.2, -0.15) is 9.57 Å². The van der Waals surface area contributed by atoms with E-state index < -0.39 is 15.9 Å². The molecule has 0 radical (unpaired) electrons. The molecule has 1 aliphatic rings. The van der Waals surface area contributed by atoms with Crippen LogP contribution in [0.5, 0.6) is 0 Å². The van der Waals surface area contributed by atoms with E-state index in [0.29, 0.717) is 36.5 Å². The Bertz CT molecular complexity index is 1350. The summed E-state index contributed by atoms with van der Waals surface area (Å²) in [6, 6.07) is 15.3. The van der Waals surface area contributed by atoms with E-state index in [0.717, 1.165) is 11.3 Å². The van der Waals surface area contributed by atoms with Crippen LogP contribution in [0.15, 0.2) is 66.0 Å². The number of hydrogen-bond acceptors (Lipinski definition) is 5. The Morgan fingerprint density at radius 1 is 1.29 bits per heavy atom. The quantitative estimate of drug-likeness (QED) is 0.520. The number of carbonyl (C=O) groups is 1. The molecule has 4 rings (SSSR count). The maximum absolute atomic E-state index is 13.1. The van der Waals surface area contributed by atoms with Gasteiger partial charge >= 0.3 is 0 Å². The van der Waals surface area contributed by atoms with E-state index in [1.807, 2.05) is 23.6 Å². The van der Waals surface area contributed by atoms with E-state index in [9.17, 15) is 13.2 Å². The molecule has 1 fully saturated rings. The third-order valence-electron chi connectivity index (χ3n) is 6.17. The van der Waals surface area contributed by atoms with Crippen LogP contribution in [0.1, 0.15) is 42.6 Å². The van der Waals surface area contributed by atoms with Crippen LogP contribution in [0.25, 0.3) is 0 Å². The van der Waals surface area contributed by atoms with Crippen LogP contribution in [-0.2, 0) is 21.4 Å². The minimum absolute atomic E-state index is 0.123. The molecule has 0 spiro atoms. The van der Waals surface area contributed by atoms with E-state index in [1.54, 1.807) is 36.8 Å². The van der Waals surface area contributed by atoms with Gasteiger partial charge in [0.05, 0.1) is 46.7 Å². The van der Waals surface area contributed by atoms with Crippen LogP contribution in [0.2, 0.25) is 5.02 Å². The average Bonchev–Trinajstić information content (AvgIpc) is 3.33. The first-order chi connectivity index (χ1) is 16.8. The van der Waals surface area contributed by atoms with Crippen molar-refractivity contribution in [3.63, 3.8) is 0 Å². The first-order valence-corrected chi connectivity index (χ1v) is 13.1. The van der Waals surface area contributed by atoms with Gasteiger partial charge in [-0.3, -0.25) is 4.79 Å². The predicted octanol–water partition coefficient (Wildman–Crippen LogP) is 3.73. The molecule has 0 saturated carbocycles. The Morgan fingerprint density at radius 2 is 2.06 bits per heavy atom. The van der Waals surface area contributed by atoms with Gasteiger partial charge in [-0.05, 0) is 55.7 Å². The molecule has 2 aromatic carbocycles. The van der Waals surface area contributed by atoms with Crippen molar-refractivity contribution in [2.45, 2.75) is 37.2 Å². The van der Waals surface area contributed by atoms with Crippen molar-refractivity contribution in [1.29, 1.82) is 5.26 Å². The van der Waals surface area contributed by atoms with Gasteiger partial charge in [0.25, 0.3) is 0 Å². The molecule has 10 heteroatoms. The highest BCUT2D eigenvalue weighted by Crippen LogP contribution is 2.26. The lowest BCUT2D eigenvalue weighted by Gasteiger charge is -2.32. The molecule has 8 nitrogen and oxygen atoms in total. The zero-order valence-electron chi connectivity index (χ0n) is 19.3. The van der Waals surface area contributed by atoms with Crippen LogP contribution < -0.4 is 5.32 Å². The summed E-state index contributed by atoms with van der Waals surface area (Å²) < 4.78 is 29.5. The highest BCUT2D eigenvalue weighted by Gasteiger charge is 2.34. The van der Waals surface area contributed by atoms with Gasteiger partial charge in [-0.15, -0.1) is 0 Å². The number of nitrogens with one attached hydrogen (secondary N) is 1. The smallest absolute Gasteiger partial charge is 0.243 e. The SMILES string of the molecule is C[C@H](NC(=O)C1CCCN(S(=O)(=O)c2cccc(Cl)c2)C1)c1cncn1Cc1ccc(C#N)cc1. The van der Waals surface area contributed by atoms with E-state index in [4.69, 9.17) is 16.9 Å². The second kappa shape index (κ2) is 10.6. The summed E-state index contributed by atoms with van der Waals surface area (Å²) in [4.78, 5) is 17.5. The Morgan fingerprint density at radius 3 is 2.77 bits per heavy atom.